The van der Waals surface area contributed by atoms with Gasteiger partial charge in [-0.1, -0.05) is 84.9 Å². The number of anilines is 2. The van der Waals surface area contributed by atoms with Crippen molar-refractivity contribution < 1.29 is 28.7 Å². The summed E-state index contributed by atoms with van der Waals surface area (Å²) in [7, 11) is 0. The van der Waals surface area contributed by atoms with Crippen LogP contribution in [0, 0.1) is 0 Å². The standard InChI is InChI=1S/C37H36N6O6/c1-23(34(44)48-36(38)46)40-29-17-13-27(14-18-29)32-33(28-15-19-30(20-16-28)41-24(2)35(45)49-37(39)47)43(22-26-11-7-4-8-12-26)31(42-32)21-25-9-5-3-6-10-25/h3-20,23-24,40-41H,21-22H2,1-2H3,(H2,38,46)(H2,39,47)/t23-,24-/m0/s1. The quantitative estimate of drug-likeness (QED) is 0.0964. The molecule has 1 aromatic heterocycles. The summed E-state index contributed by atoms with van der Waals surface area (Å²) in [5.41, 5.74) is 16.8. The van der Waals surface area contributed by atoms with Gasteiger partial charge in [0.2, 0.25) is 0 Å². The highest BCUT2D eigenvalue weighted by molar-refractivity contribution is 5.89. The molecular formula is C37H36N6O6. The molecule has 2 atom stereocenters. The first-order valence-electron chi connectivity index (χ1n) is 15.5. The van der Waals surface area contributed by atoms with Gasteiger partial charge in [0.25, 0.3) is 0 Å². The number of nitrogens with one attached hydrogen (secondary N) is 2. The maximum Gasteiger partial charge on any atom is 0.412 e. The van der Waals surface area contributed by atoms with E-state index in [1.807, 2.05) is 84.9 Å². The van der Waals surface area contributed by atoms with Gasteiger partial charge in [-0.3, -0.25) is 0 Å². The van der Waals surface area contributed by atoms with Crippen LogP contribution in [0.2, 0.25) is 0 Å². The van der Waals surface area contributed by atoms with Crippen LogP contribution in [-0.2, 0) is 32.0 Å². The van der Waals surface area contributed by atoms with Crippen molar-refractivity contribution in [3.8, 4) is 22.5 Å². The number of ether oxygens (including phenoxy) is 2. The van der Waals surface area contributed by atoms with Gasteiger partial charge in [-0.15, -0.1) is 0 Å². The Kier molecular flexibility index (Phi) is 10.7. The molecule has 0 bridgehead atoms. The van der Waals surface area contributed by atoms with Gasteiger partial charge in [0.15, 0.2) is 0 Å². The Morgan fingerprint density at radius 3 is 1.57 bits per heavy atom. The summed E-state index contributed by atoms with van der Waals surface area (Å²) < 4.78 is 11.2. The van der Waals surface area contributed by atoms with Gasteiger partial charge in [-0.25, -0.2) is 24.2 Å². The summed E-state index contributed by atoms with van der Waals surface area (Å²) in [4.78, 5) is 51.5. The Balaban J connectivity index is 1.56. The van der Waals surface area contributed by atoms with Crippen molar-refractivity contribution in [2.75, 3.05) is 10.6 Å². The van der Waals surface area contributed by atoms with Crippen LogP contribution in [0.3, 0.4) is 0 Å². The van der Waals surface area contributed by atoms with E-state index in [2.05, 4.69) is 48.9 Å². The van der Waals surface area contributed by atoms with E-state index in [1.165, 1.54) is 0 Å². The third-order valence-corrected chi connectivity index (χ3v) is 7.63. The number of nitrogens with zero attached hydrogens (tertiary/aromatic N) is 2. The number of hydrogen-bond donors (Lipinski definition) is 4. The van der Waals surface area contributed by atoms with Crippen molar-refractivity contribution in [2.24, 2.45) is 11.5 Å². The van der Waals surface area contributed by atoms with Crippen LogP contribution in [0.5, 0.6) is 0 Å². The largest absolute Gasteiger partial charge is 0.412 e. The number of rotatable bonds is 12. The molecule has 5 aromatic rings. The van der Waals surface area contributed by atoms with E-state index in [0.29, 0.717) is 24.3 Å². The average molecular weight is 661 g/mol. The van der Waals surface area contributed by atoms with Gasteiger partial charge >= 0.3 is 24.1 Å². The molecule has 0 unspecified atom stereocenters. The third-order valence-electron chi connectivity index (χ3n) is 7.63. The fourth-order valence-corrected chi connectivity index (χ4v) is 5.28. The first-order chi connectivity index (χ1) is 23.6. The molecule has 2 amide bonds. The first-order valence-corrected chi connectivity index (χ1v) is 15.5. The number of aromatic nitrogens is 2. The lowest BCUT2D eigenvalue weighted by molar-refractivity contribution is -0.138. The van der Waals surface area contributed by atoms with Crippen molar-refractivity contribution in [1.82, 2.24) is 9.55 Å². The van der Waals surface area contributed by atoms with Crippen LogP contribution in [-0.4, -0.2) is 45.8 Å². The summed E-state index contributed by atoms with van der Waals surface area (Å²) in [5.74, 6) is -0.723. The van der Waals surface area contributed by atoms with Crippen LogP contribution < -0.4 is 22.1 Å². The number of benzene rings is 4. The predicted molar refractivity (Wildman–Crippen MR) is 185 cm³/mol. The molecule has 12 nitrogen and oxygen atoms in total. The maximum atomic E-state index is 12.1. The third kappa shape index (κ3) is 8.89. The van der Waals surface area contributed by atoms with Crippen LogP contribution in [0.25, 0.3) is 22.5 Å². The highest BCUT2D eigenvalue weighted by atomic mass is 16.6. The summed E-state index contributed by atoms with van der Waals surface area (Å²) in [6.45, 7) is 3.70. The second-order valence-electron chi connectivity index (χ2n) is 11.3. The number of amides is 2. The zero-order valence-corrected chi connectivity index (χ0v) is 27.0. The molecule has 0 radical (unpaired) electrons. The molecule has 49 heavy (non-hydrogen) atoms. The molecule has 1 heterocycles. The maximum absolute atomic E-state index is 12.1. The van der Waals surface area contributed by atoms with Crippen LogP contribution in [0.15, 0.2) is 109 Å². The molecule has 0 aliphatic heterocycles. The van der Waals surface area contributed by atoms with Crippen molar-refractivity contribution >= 4 is 35.5 Å². The summed E-state index contributed by atoms with van der Waals surface area (Å²) in [5, 5.41) is 6.05. The number of hydrogen-bond acceptors (Lipinski definition) is 9. The highest BCUT2D eigenvalue weighted by Crippen LogP contribution is 2.35. The number of primary amides is 2. The van der Waals surface area contributed by atoms with Gasteiger partial charge in [-0.05, 0) is 49.2 Å². The molecule has 12 heteroatoms. The molecule has 0 spiro atoms. The van der Waals surface area contributed by atoms with Gasteiger partial charge in [0.05, 0.1) is 11.4 Å². The molecule has 0 fully saturated rings. The fraction of sp³-hybridized carbons (Fsp3) is 0.162. The molecule has 4 aromatic carbocycles. The monoisotopic (exact) mass is 660 g/mol. The second-order valence-corrected chi connectivity index (χ2v) is 11.3. The minimum Gasteiger partial charge on any atom is -0.375 e. The number of esters is 2. The molecule has 0 aliphatic rings. The van der Waals surface area contributed by atoms with E-state index in [4.69, 9.17) is 16.5 Å². The molecule has 6 N–H and O–H groups in total. The van der Waals surface area contributed by atoms with Gasteiger partial charge in [-0.2, -0.15) is 0 Å². The SMILES string of the molecule is C[C@H](Nc1ccc(-c2nc(Cc3ccccc3)n(Cc3ccccc3)c2-c2ccc(N[C@@H](C)C(=O)OC(N)=O)cc2)cc1)C(=O)OC(N)=O. The molecule has 0 aliphatic carbocycles. The number of carbonyl (C=O) groups excluding carboxylic acids is 4. The smallest absolute Gasteiger partial charge is 0.375 e. The van der Waals surface area contributed by atoms with Crippen molar-refractivity contribution in [3.63, 3.8) is 0 Å². The predicted octanol–water partition coefficient (Wildman–Crippen LogP) is 5.70. The van der Waals surface area contributed by atoms with Gasteiger partial charge in [0.1, 0.15) is 17.9 Å². The Bertz CT molecular complexity index is 1930. The minimum absolute atomic E-state index is 0.556. The van der Waals surface area contributed by atoms with E-state index in [9.17, 15) is 19.2 Å². The molecule has 0 saturated carbocycles. The Morgan fingerprint density at radius 2 is 1.10 bits per heavy atom. The van der Waals surface area contributed by atoms with E-state index in [0.717, 1.165) is 39.5 Å². The number of carbonyl (C=O) groups is 4. The lowest BCUT2D eigenvalue weighted by Gasteiger charge is -2.16. The normalized spacial score (nSPS) is 12.0. The highest BCUT2D eigenvalue weighted by Gasteiger charge is 2.22. The van der Waals surface area contributed by atoms with E-state index in [1.54, 1.807) is 13.8 Å². The van der Waals surface area contributed by atoms with Crippen molar-refractivity contribution in [3.05, 3.63) is 126 Å². The second kappa shape index (κ2) is 15.4. The van der Waals surface area contributed by atoms with E-state index >= 15 is 0 Å². The number of nitrogens with two attached hydrogens (primary N) is 2. The Morgan fingerprint density at radius 1 is 0.653 bits per heavy atom. The Labute approximate surface area is 283 Å². The van der Waals surface area contributed by atoms with Crippen LogP contribution in [0.4, 0.5) is 21.0 Å². The van der Waals surface area contributed by atoms with Gasteiger partial charge < -0.3 is 36.1 Å². The lowest BCUT2D eigenvalue weighted by atomic mass is 10.0. The van der Waals surface area contributed by atoms with Crippen molar-refractivity contribution in [2.45, 2.75) is 38.9 Å². The topological polar surface area (TPSA) is 181 Å². The van der Waals surface area contributed by atoms with Gasteiger partial charge in [0, 0.05) is 35.5 Å². The summed E-state index contributed by atoms with van der Waals surface area (Å²) in [6.07, 6.45) is -1.75. The molecule has 5 rings (SSSR count). The van der Waals surface area contributed by atoms with E-state index < -0.39 is 36.2 Å². The first kappa shape index (κ1) is 33.9. The minimum atomic E-state index is -1.16. The molecular weight excluding hydrogens is 624 g/mol. The van der Waals surface area contributed by atoms with Crippen molar-refractivity contribution in [1.29, 1.82) is 0 Å². The number of imidazole rings is 1. The lowest BCUT2D eigenvalue weighted by Crippen LogP contribution is -2.31. The summed E-state index contributed by atoms with van der Waals surface area (Å²) >= 11 is 0. The molecule has 0 saturated heterocycles. The van der Waals surface area contributed by atoms with E-state index in [-0.39, 0.29) is 0 Å². The zero-order valence-electron chi connectivity index (χ0n) is 27.0. The zero-order chi connectivity index (χ0) is 34.9. The fourth-order valence-electron chi connectivity index (χ4n) is 5.28. The molecule has 250 valence electrons. The van der Waals surface area contributed by atoms with Crippen LogP contribution in [0.1, 0.15) is 30.8 Å². The Hall–Kier alpha value is -6.43. The summed E-state index contributed by atoms with van der Waals surface area (Å²) in [6, 6.07) is 33.6. The van der Waals surface area contributed by atoms with Crippen LogP contribution >= 0.6 is 0 Å². The average Bonchev–Trinajstić information content (AvgIpc) is 3.42.